The number of phenolic OH excluding ortho intramolecular Hbond substituents is 1. The van der Waals surface area contributed by atoms with Crippen LogP contribution < -0.4 is 15.1 Å². The summed E-state index contributed by atoms with van der Waals surface area (Å²) in [6, 6.07) is 15.5. The van der Waals surface area contributed by atoms with Gasteiger partial charge in [-0.25, -0.2) is 4.98 Å². The Morgan fingerprint density at radius 3 is 2.59 bits per heavy atom. The summed E-state index contributed by atoms with van der Waals surface area (Å²) in [7, 11) is 0. The minimum atomic E-state index is 0.225. The van der Waals surface area contributed by atoms with Crippen molar-refractivity contribution in [3.8, 4) is 17.0 Å². The van der Waals surface area contributed by atoms with Gasteiger partial charge in [-0.3, -0.25) is 0 Å². The zero-order chi connectivity index (χ0) is 22.1. The highest BCUT2D eigenvalue weighted by Gasteiger charge is 2.29. The minimum absolute atomic E-state index is 0.225. The molecular weight excluding hydrogens is 402 g/mol. The molecule has 2 N–H and O–H groups in total. The van der Waals surface area contributed by atoms with E-state index >= 15 is 0 Å². The molecule has 3 aromatic rings. The number of nitrogens with one attached hydrogen (secondary N) is 1. The highest BCUT2D eigenvalue weighted by atomic mass is 16.5. The molecule has 1 aromatic heterocycles. The number of hydrogen-bond donors (Lipinski definition) is 2. The number of hydrogen-bond acceptors (Lipinski definition) is 7. The van der Waals surface area contributed by atoms with Crippen LogP contribution in [0.1, 0.15) is 11.1 Å². The van der Waals surface area contributed by atoms with Crippen molar-refractivity contribution in [1.29, 1.82) is 0 Å². The van der Waals surface area contributed by atoms with Crippen molar-refractivity contribution in [2.45, 2.75) is 13.3 Å². The molecule has 0 amide bonds. The highest BCUT2D eigenvalue weighted by Crippen LogP contribution is 2.38. The molecule has 0 spiro atoms. The second-order valence-electron chi connectivity index (χ2n) is 8.16. The lowest BCUT2D eigenvalue weighted by molar-refractivity contribution is 0.122. The van der Waals surface area contributed by atoms with Crippen LogP contribution in [0.2, 0.25) is 0 Å². The second-order valence-corrected chi connectivity index (χ2v) is 8.16. The first-order valence-electron chi connectivity index (χ1n) is 10.9. The van der Waals surface area contributed by atoms with Gasteiger partial charge in [0.2, 0.25) is 5.95 Å². The van der Waals surface area contributed by atoms with Gasteiger partial charge in [-0.2, -0.15) is 4.98 Å². The van der Waals surface area contributed by atoms with E-state index in [0.29, 0.717) is 19.2 Å². The van der Waals surface area contributed by atoms with Crippen LogP contribution in [-0.2, 0) is 11.2 Å². The summed E-state index contributed by atoms with van der Waals surface area (Å²) in [5.74, 6) is 2.55. The van der Waals surface area contributed by atoms with E-state index in [2.05, 4.69) is 52.9 Å². The van der Waals surface area contributed by atoms with Gasteiger partial charge in [0.25, 0.3) is 0 Å². The Bertz CT molecular complexity index is 1140. The molecule has 164 valence electrons. The molecule has 2 aliphatic heterocycles. The number of anilines is 3. The van der Waals surface area contributed by atoms with E-state index in [1.165, 1.54) is 5.56 Å². The molecule has 2 aliphatic rings. The molecule has 7 nitrogen and oxygen atoms in total. The molecule has 1 saturated heterocycles. The van der Waals surface area contributed by atoms with Gasteiger partial charge in [-0.1, -0.05) is 36.4 Å². The van der Waals surface area contributed by atoms with Crippen molar-refractivity contribution < 1.29 is 9.84 Å². The van der Waals surface area contributed by atoms with Crippen molar-refractivity contribution in [3.05, 3.63) is 72.1 Å². The number of morpholine rings is 1. The van der Waals surface area contributed by atoms with E-state index in [-0.39, 0.29) is 5.75 Å². The van der Waals surface area contributed by atoms with Crippen molar-refractivity contribution in [1.82, 2.24) is 9.97 Å². The van der Waals surface area contributed by atoms with E-state index in [1.807, 2.05) is 12.1 Å². The van der Waals surface area contributed by atoms with E-state index < -0.39 is 0 Å². The number of nitrogens with zero attached hydrogens (tertiary/aromatic N) is 4. The van der Waals surface area contributed by atoms with Gasteiger partial charge in [0.1, 0.15) is 17.4 Å². The summed E-state index contributed by atoms with van der Waals surface area (Å²) < 4.78 is 5.51. The molecule has 32 heavy (non-hydrogen) atoms. The first-order valence-corrected chi connectivity index (χ1v) is 10.9. The van der Waals surface area contributed by atoms with Gasteiger partial charge in [-0.05, 0) is 37.6 Å². The van der Waals surface area contributed by atoms with Gasteiger partial charge >= 0.3 is 0 Å². The van der Waals surface area contributed by atoms with Gasteiger partial charge in [-0.15, -0.1) is 0 Å². The molecule has 0 radical (unpaired) electrons. The summed E-state index contributed by atoms with van der Waals surface area (Å²) >= 11 is 0. The van der Waals surface area contributed by atoms with Crippen LogP contribution >= 0.6 is 0 Å². The molecule has 0 atom stereocenters. The molecule has 5 rings (SSSR count). The Balaban J connectivity index is 1.53. The van der Waals surface area contributed by atoms with E-state index in [9.17, 15) is 5.11 Å². The maximum Gasteiger partial charge on any atom is 0.228 e. The predicted molar refractivity (Wildman–Crippen MR) is 127 cm³/mol. The SMILES string of the molecule is C=C(Nc1ccc(C)cc1)N1CCc2c(-c3cccc(O)c3)nc(N3CCOCC3)nc21. The number of ether oxygens (including phenoxy) is 1. The molecule has 0 aliphatic carbocycles. The molecular formula is C25H27N5O2. The Kier molecular flexibility index (Phi) is 5.41. The summed E-state index contributed by atoms with van der Waals surface area (Å²) in [5, 5.41) is 13.5. The van der Waals surface area contributed by atoms with Gasteiger partial charge < -0.3 is 25.0 Å². The Labute approximate surface area is 188 Å². The minimum Gasteiger partial charge on any atom is -0.508 e. The second kappa shape index (κ2) is 8.51. The van der Waals surface area contributed by atoms with E-state index in [0.717, 1.165) is 60.2 Å². The van der Waals surface area contributed by atoms with Gasteiger partial charge in [0.15, 0.2) is 0 Å². The Hall–Kier alpha value is -3.58. The number of aryl methyl sites for hydroxylation is 1. The normalized spacial score (nSPS) is 15.5. The monoisotopic (exact) mass is 429 g/mol. The number of fused-ring (bicyclic) bond motifs is 1. The number of phenols is 1. The van der Waals surface area contributed by atoms with Crippen molar-refractivity contribution in [2.24, 2.45) is 0 Å². The van der Waals surface area contributed by atoms with Crippen LogP contribution in [0.3, 0.4) is 0 Å². The molecule has 1 fully saturated rings. The van der Waals surface area contributed by atoms with Crippen LogP contribution in [0.15, 0.2) is 60.9 Å². The lowest BCUT2D eigenvalue weighted by Crippen LogP contribution is -2.37. The van der Waals surface area contributed by atoms with Crippen molar-refractivity contribution in [2.75, 3.05) is 48.0 Å². The van der Waals surface area contributed by atoms with Crippen LogP contribution in [0.5, 0.6) is 5.75 Å². The van der Waals surface area contributed by atoms with Crippen molar-refractivity contribution >= 4 is 17.5 Å². The van der Waals surface area contributed by atoms with Gasteiger partial charge in [0, 0.05) is 36.4 Å². The third-order valence-corrected chi connectivity index (χ3v) is 5.89. The maximum atomic E-state index is 10.1. The number of aromatic hydroxyl groups is 1. The van der Waals surface area contributed by atoms with E-state index in [1.54, 1.807) is 12.1 Å². The molecule has 0 unspecified atom stereocenters. The molecule has 2 aromatic carbocycles. The highest BCUT2D eigenvalue weighted by molar-refractivity contribution is 5.75. The summed E-state index contributed by atoms with van der Waals surface area (Å²) in [6.07, 6.45) is 0.804. The number of rotatable bonds is 5. The third kappa shape index (κ3) is 3.99. The zero-order valence-corrected chi connectivity index (χ0v) is 18.2. The molecule has 7 heteroatoms. The molecule has 3 heterocycles. The Morgan fingerprint density at radius 1 is 1.06 bits per heavy atom. The largest absolute Gasteiger partial charge is 0.508 e. The average Bonchev–Trinajstić information content (AvgIpc) is 3.25. The van der Waals surface area contributed by atoms with Gasteiger partial charge in [0.05, 0.1) is 18.9 Å². The predicted octanol–water partition coefficient (Wildman–Crippen LogP) is 3.94. The average molecular weight is 430 g/mol. The van der Waals surface area contributed by atoms with Crippen LogP contribution in [0, 0.1) is 6.92 Å². The van der Waals surface area contributed by atoms with E-state index in [4.69, 9.17) is 14.7 Å². The summed E-state index contributed by atoms with van der Waals surface area (Å²) in [6.45, 7) is 9.95. The van der Waals surface area contributed by atoms with Crippen LogP contribution in [0.4, 0.5) is 17.5 Å². The summed E-state index contributed by atoms with van der Waals surface area (Å²) in [4.78, 5) is 14.2. The third-order valence-electron chi connectivity index (χ3n) is 5.89. The number of benzene rings is 2. The lowest BCUT2D eigenvalue weighted by Gasteiger charge is -2.29. The fraction of sp³-hybridized carbons (Fsp3) is 0.280. The Morgan fingerprint density at radius 2 is 1.84 bits per heavy atom. The fourth-order valence-electron chi connectivity index (χ4n) is 4.17. The number of aromatic nitrogens is 2. The van der Waals surface area contributed by atoms with Crippen LogP contribution in [-0.4, -0.2) is 47.9 Å². The maximum absolute atomic E-state index is 10.1. The zero-order valence-electron chi connectivity index (χ0n) is 18.2. The summed E-state index contributed by atoms with van der Waals surface area (Å²) in [5.41, 5.74) is 5.02. The molecule has 0 saturated carbocycles. The standard InChI is InChI=1S/C25H27N5O2/c1-17-6-8-20(9-7-17)26-18(2)30-11-10-22-23(19-4-3-5-21(31)16-19)27-25(28-24(22)30)29-12-14-32-15-13-29/h3-9,16,26,31H,2,10-15H2,1H3. The van der Waals surface area contributed by atoms with Crippen molar-refractivity contribution in [3.63, 3.8) is 0 Å². The fourth-order valence-corrected chi connectivity index (χ4v) is 4.17. The first kappa shape index (κ1) is 20.3. The first-order chi connectivity index (χ1) is 15.6. The smallest absolute Gasteiger partial charge is 0.228 e. The topological polar surface area (TPSA) is 73.8 Å². The quantitative estimate of drug-likeness (QED) is 0.636. The molecule has 0 bridgehead atoms. The lowest BCUT2D eigenvalue weighted by atomic mass is 10.1. The van der Waals surface area contributed by atoms with Crippen LogP contribution in [0.25, 0.3) is 11.3 Å².